The van der Waals surface area contributed by atoms with Gasteiger partial charge >= 0.3 is 12.2 Å². The number of imide groups is 1. The maximum atomic E-state index is 14.3. The lowest BCUT2D eigenvalue weighted by Crippen LogP contribution is -2.41. The van der Waals surface area contributed by atoms with Crippen molar-refractivity contribution in [1.82, 2.24) is 19.7 Å². The van der Waals surface area contributed by atoms with E-state index in [9.17, 15) is 14.4 Å². The predicted molar refractivity (Wildman–Crippen MR) is 185 cm³/mol. The summed E-state index contributed by atoms with van der Waals surface area (Å²) in [7, 11) is 3.28. The number of hydrogen-bond acceptors (Lipinski definition) is 11. The van der Waals surface area contributed by atoms with Crippen molar-refractivity contribution in [3.63, 3.8) is 0 Å². The number of methoxy groups -OCH3 is 2. The van der Waals surface area contributed by atoms with E-state index in [-0.39, 0.29) is 23.8 Å². The highest BCUT2D eigenvalue weighted by atomic mass is 16.6. The summed E-state index contributed by atoms with van der Waals surface area (Å²) in [5.74, 6) is 1.17. The predicted octanol–water partition coefficient (Wildman–Crippen LogP) is 6.96. The lowest BCUT2D eigenvalue weighted by Gasteiger charge is -2.33. The summed E-state index contributed by atoms with van der Waals surface area (Å²) < 4.78 is 23.6. The average Bonchev–Trinajstić information content (AvgIpc) is 3.61. The molecule has 13 heteroatoms. The monoisotopic (exact) mass is 682 g/mol. The third-order valence-corrected chi connectivity index (χ3v) is 9.50. The Labute approximate surface area is 290 Å². The summed E-state index contributed by atoms with van der Waals surface area (Å²) in [4.78, 5) is 51.2. The molecule has 2 amide bonds. The maximum absolute atomic E-state index is 14.3. The first-order valence-corrected chi connectivity index (χ1v) is 16.8. The Kier molecular flexibility index (Phi) is 7.89. The minimum Gasteiger partial charge on any atom is -0.497 e. The number of hydrogen-bond donors (Lipinski definition) is 1. The van der Waals surface area contributed by atoms with Crippen LogP contribution < -0.4 is 15.0 Å². The van der Waals surface area contributed by atoms with Gasteiger partial charge in [-0.3, -0.25) is 4.79 Å². The molecule has 2 aromatic carbocycles. The molecular weight excluding hydrogens is 640 g/mol. The Balaban J connectivity index is 1.26. The van der Waals surface area contributed by atoms with E-state index >= 15 is 0 Å². The van der Waals surface area contributed by atoms with Crippen molar-refractivity contribution in [2.45, 2.75) is 95.4 Å². The summed E-state index contributed by atoms with van der Waals surface area (Å²) in [6.45, 7) is 10.7. The zero-order chi connectivity index (χ0) is 35.7. The van der Waals surface area contributed by atoms with E-state index in [1.54, 1.807) is 67.9 Å². The van der Waals surface area contributed by atoms with Crippen molar-refractivity contribution in [3.8, 4) is 5.75 Å². The van der Waals surface area contributed by atoms with Crippen LogP contribution in [0, 0.1) is 0 Å². The average molecular weight is 683 g/mol. The van der Waals surface area contributed by atoms with Gasteiger partial charge in [0.25, 0.3) is 0 Å². The molecule has 0 bridgehead atoms. The lowest BCUT2D eigenvalue weighted by molar-refractivity contribution is -0.120. The van der Waals surface area contributed by atoms with Crippen LogP contribution in [-0.4, -0.2) is 69.4 Å². The molecule has 0 radical (unpaired) electrons. The van der Waals surface area contributed by atoms with Crippen LogP contribution in [0.1, 0.15) is 89.5 Å². The van der Waals surface area contributed by atoms with Gasteiger partial charge in [-0.25, -0.2) is 24.5 Å². The van der Waals surface area contributed by atoms with Gasteiger partial charge in [0.05, 0.1) is 29.8 Å². The van der Waals surface area contributed by atoms with Gasteiger partial charge in [0, 0.05) is 36.1 Å². The first-order valence-electron chi connectivity index (χ1n) is 16.8. The molecule has 50 heavy (non-hydrogen) atoms. The normalized spacial score (nSPS) is 22.7. The van der Waals surface area contributed by atoms with Gasteiger partial charge in [-0.2, -0.15) is 4.68 Å². The van der Waals surface area contributed by atoms with Gasteiger partial charge in [0.1, 0.15) is 29.1 Å². The number of anilines is 3. The van der Waals surface area contributed by atoms with Crippen LogP contribution in [0.3, 0.4) is 0 Å². The van der Waals surface area contributed by atoms with Crippen molar-refractivity contribution in [2.24, 2.45) is 0 Å². The molecule has 4 aromatic rings. The minimum atomic E-state index is -1.01. The minimum absolute atomic E-state index is 0.232. The molecule has 7 rings (SSSR count). The van der Waals surface area contributed by atoms with Crippen molar-refractivity contribution >= 4 is 46.3 Å². The molecule has 3 heterocycles. The van der Waals surface area contributed by atoms with Gasteiger partial charge in [-0.1, -0.05) is 6.07 Å². The molecule has 0 unspecified atom stereocenters. The van der Waals surface area contributed by atoms with Crippen LogP contribution in [0.5, 0.6) is 5.75 Å². The number of aromatic nitrogens is 4. The Morgan fingerprint density at radius 3 is 2.32 bits per heavy atom. The summed E-state index contributed by atoms with van der Waals surface area (Å²) in [5.41, 5.74) is 0.819. The molecule has 2 fully saturated rings. The highest BCUT2D eigenvalue weighted by Crippen LogP contribution is 2.67. The summed E-state index contributed by atoms with van der Waals surface area (Å²) in [5, 5.41) is 8.60. The lowest BCUT2D eigenvalue weighted by atomic mass is 9.80. The molecule has 3 aliphatic rings. The van der Waals surface area contributed by atoms with Gasteiger partial charge in [-0.15, -0.1) is 5.10 Å². The molecule has 262 valence electrons. The van der Waals surface area contributed by atoms with Crippen LogP contribution in [0.2, 0.25) is 0 Å². The van der Waals surface area contributed by atoms with E-state index < -0.39 is 28.8 Å². The van der Waals surface area contributed by atoms with Crippen LogP contribution in [-0.2, 0) is 24.4 Å². The fourth-order valence-electron chi connectivity index (χ4n) is 6.98. The molecule has 2 aromatic heterocycles. The van der Waals surface area contributed by atoms with Crippen LogP contribution in [0.4, 0.5) is 26.9 Å². The van der Waals surface area contributed by atoms with E-state index in [1.165, 1.54) is 11.0 Å². The Morgan fingerprint density at radius 1 is 0.920 bits per heavy atom. The highest BCUT2D eigenvalue weighted by Gasteiger charge is 2.68. The smallest absolute Gasteiger partial charge is 0.435 e. The van der Waals surface area contributed by atoms with Crippen molar-refractivity contribution in [2.75, 3.05) is 24.4 Å². The largest absolute Gasteiger partial charge is 0.497 e. The van der Waals surface area contributed by atoms with Gasteiger partial charge in [0.15, 0.2) is 5.82 Å². The van der Waals surface area contributed by atoms with Crippen molar-refractivity contribution < 1.29 is 33.3 Å². The maximum Gasteiger partial charge on any atom is 0.435 e. The second-order valence-corrected chi connectivity index (χ2v) is 15.2. The number of carbonyl (C=O) groups excluding carboxylic acids is 3. The topological polar surface area (TPSA) is 147 Å². The van der Waals surface area contributed by atoms with Crippen LogP contribution in [0.15, 0.2) is 48.8 Å². The number of nitrogens with one attached hydrogen (secondary N) is 1. The van der Waals surface area contributed by atoms with E-state index in [0.717, 1.165) is 29.0 Å². The molecular formula is C37H42N6O7. The molecule has 1 aliphatic heterocycles. The molecule has 2 atom stereocenters. The summed E-state index contributed by atoms with van der Waals surface area (Å²) >= 11 is 0. The Hall–Kier alpha value is -5.04. The van der Waals surface area contributed by atoms with E-state index in [0.29, 0.717) is 46.0 Å². The fraction of sp³-hybridized carbons (Fsp3) is 0.459. The molecule has 1 N–H and O–H groups in total. The SMILES string of the molecule is COc1ccc2c(c1)[C@]1(C[C@H]1c1ccc3c(Nc4cc(C5CC(OC)C5)ncn4)nn(C(=O)OC(C)(C)C)c3c1)C(=O)N2C(=O)OC(C)(C)C. The Morgan fingerprint density at radius 2 is 1.64 bits per heavy atom. The van der Waals surface area contributed by atoms with Gasteiger partial charge < -0.3 is 24.3 Å². The fourth-order valence-corrected chi connectivity index (χ4v) is 6.98. The number of carbonyl (C=O) groups is 3. The number of rotatable bonds is 6. The van der Waals surface area contributed by atoms with E-state index in [1.807, 2.05) is 30.3 Å². The molecule has 1 spiro atoms. The molecule has 13 nitrogen and oxygen atoms in total. The Bertz CT molecular complexity index is 2020. The first kappa shape index (κ1) is 33.5. The first-order chi connectivity index (χ1) is 23.6. The standard InChI is InChI=1S/C37H42N6O7/c1-35(2,3)49-33(45)42-28-12-10-22(47-7)16-25(28)37(32(42)44)18-26(37)20-9-11-24-29(15-20)43(34(46)50-36(4,5)6)41-31(24)40-30-17-27(38-19-39-30)21-13-23(14-21)48-8/h9-12,15-17,19,21,23,26H,13-14,18H2,1-8H3,(H,38,39,40,41)/t21?,23?,26-,37-/m0/s1. The zero-order valence-corrected chi connectivity index (χ0v) is 29.6. The van der Waals surface area contributed by atoms with E-state index in [2.05, 4.69) is 20.4 Å². The third-order valence-electron chi connectivity index (χ3n) is 9.50. The summed E-state index contributed by atoms with van der Waals surface area (Å²) in [6, 6.07) is 12.8. The zero-order valence-electron chi connectivity index (χ0n) is 29.6. The number of nitrogens with zero attached hydrogens (tertiary/aromatic N) is 5. The molecule has 2 saturated carbocycles. The van der Waals surface area contributed by atoms with Crippen molar-refractivity contribution in [1.29, 1.82) is 0 Å². The van der Waals surface area contributed by atoms with E-state index in [4.69, 9.17) is 18.9 Å². The number of ether oxygens (including phenoxy) is 4. The number of benzene rings is 2. The van der Waals surface area contributed by atoms with Gasteiger partial charge in [0.2, 0.25) is 5.91 Å². The quantitative estimate of drug-likeness (QED) is 0.225. The molecule has 2 aliphatic carbocycles. The second kappa shape index (κ2) is 11.8. The van der Waals surface area contributed by atoms with Crippen molar-refractivity contribution in [3.05, 3.63) is 65.6 Å². The number of amides is 2. The van der Waals surface area contributed by atoms with Gasteiger partial charge in [-0.05, 0) is 102 Å². The second-order valence-electron chi connectivity index (χ2n) is 15.2. The highest BCUT2D eigenvalue weighted by molar-refractivity contribution is 6.23. The molecule has 0 saturated heterocycles. The van der Waals surface area contributed by atoms with Crippen LogP contribution in [0.25, 0.3) is 10.9 Å². The third kappa shape index (κ3) is 5.82. The van der Waals surface area contributed by atoms with Crippen LogP contribution >= 0.6 is 0 Å². The number of fused-ring (bicyclic) bond motifs is 3. The summed E-state index contributed by atoms with van der Waals surface area (Å²) in [6.07, 6.45) is 2.61.